The first kappa shape index (κ1) is 21.8. The first-order chi connectivity index (χ1) is 13.7. The largest absolute Gasteiger partial charge is 0.337 e. The Hall–Kier alpha value is -1.89. The Balaban J connectivity index is 1.79. The fraction of sp³-hybridized carbons (Fsp3) is 0.409. The van der Waals surface area contributed by atoms with E-state index in [1.807, 2.05) is 12.1 Å². The predicted molar refractivity (Wildman–Crippen MR) is 115 cm³/mol. The molecule has 3 rings (SSSR count). The molecule has 0 spiro atoms. The Kier molecular flexibility index (Phi) is 6.66. The number of hydrogen-bond donors (Lipinski definition) is 0. The number of halogens is 1. The van der Waals surface area contributed by atoms with Gasteiger partial charge in [-0.05, 0) is 54.2 Å². The second-order valence-corrected chi connectivity index (χ2v) is 10.5. The molecule has 1 aliphatic heterocycles. The maximum absolute atomic E-state index is 13.1. The Morgan fingerprint density at radius 1 is 1.10 bits per heavy atom. The van der Waals surface area contributed by atoms with Gasteiger partial charge in [0, 0.05) is 37.3 Å². The molecule has 7 heteroatoms. The lowest BCUT2D eigenvalue weighted by Gasteiger charge is -2.34. The Labute approximate surface area is 178 Å². The summed E-state index contributed by atoms with van der Waals surface area (Å²) in [6.07, 6.45) is 1.03. The highest BCUT2D eigenvalue weighted by atomic mass is 35.5. The Morgan fingerprint density at radius 3 is 2.34 bits per heavy atom. The molecule has 0 radical (unpaired) electrons. The molecule has 2 aromatic carbocycles. The number of benzene rings is 2. The van der Waals surface area contributed by atoms with Gasteiger partial charge in [-0.2, -0.15) is 4.31 Å². The van der Waals surface area contributed by atoms with Crippen molar-refractivity contribution >= 4 is 27.5 Å². The maximum atomic E-state index is 13.1. The monoisotopic (exact) mass is 434 g/mol. The number of amides is 1. The molecule has 0 bridgehead atoms. The zero-order valence-electron chi connectivity index (χ0n) is 17.0. The van der Waals surface area contributed by atoms with E-state index in [0.29, 0.717) is 42.1 Å². The first-order valence-electron chi connectivity index (χ1n) is 9.77. The van der Waals surface area contributed by atoms with Crippen LogP contribution in [0, 0.1) is 11.8 Å². The molecule has 1 heterocycles. The summed E-state index contributed by atoms with van der Waals surface area (Å²) < 4.78 is 27.8. The molecular weight excluding hydrogens is 408 g/mol. The van der Waals surface area contributed by atoms with E-state index >= 15 is 0 Å². The van der Waals surface area contributed by atoms with E-state index in [2.05, 4.69) is 13.8 Å². The van der Waals surface area contributed by atoms with Crippen LogP contribution in [0.1, 0.15) is 36.2 Å². The van der Waals surface area contributed by atoms with Gasteiger partial charge in [-0.25, -0.2) is 8.42 Å². The topological polar surface area (TPSA) is 57.7 Å². The van der Waals surface area contributed by atoms with Gasteiger partial charge >= 0.3 is 0 Å². The molecule has 2 atom stereocenters. The summed E-state index contributed by atoms with van der Waals surface area (Å²) in [5, 5.41) is 0.641. The lowest BCUT2D eigenvalue weighted by Crippen LogP contribution is -2.42. The van der Waals surface area contributed by atoms with E-state index in [4.69, 9.17) is 11.6 Å². The molecular formula is C22H27ClN2O3S. The van der Waals surface area contributed by atoms with Gasteiger partial charge in [0.1, 0.15) is 0 Å². The average Bonchev–Trinajstić information content (AvgIpc) is 2.68. The highest BCUT2D eigenvalue weighted by molar-refractivity contribution is 7.89. The van der Waals surface area contributed by atoms with Crippen LogP contribution in [-0.2, 0) is 16.6 Å². The van der Waals surface area contributed by atoms with E-state index < -0.39 is 10.0 Å². The number of carbonyl (C=O) groups is 1. The van der Waals surface area contributed by atoms with Gasteiger partial charge < -0.3 is 4.90 Å². The summed E-state index contributed by atoms with van der Waals surface area (Å²) in [5.41, 5.74) is 1.31. The second-order valence-electron chi connectivity index (χ2n) is 8.08. The van der Waals surface area contributed by atoms with Crippen molar-refractivity contribution in [3.8, 4) is 0 Å². The van der Waals surface area contributed by atoms with E-state index in [9.17, 15) is 13.2 Å². The molecule has 2 aromatic rings. The molecule has 5 nitrogen and oxygen atoms in total. The summed E-state index contributed by atoms with van der Waals surface area (Å²) in [6, 6.07) is 13.6. The van der Waals surface area contributed by atoms with Crippen LogP contribution in [0.25, 0.3) is 0 Å². The number of rotatable bonds is 5. The summed E-state index contributed by atoms with van der Waals surface area (Å²) in [7, 11) is -1.92. The van der Waals surface area contributed by atoms with Crippen molar-refractivity contribution in [2.45, 2.75) is 31.7 Å². The number of sulfonamides is 1. The molecule has 0 aliphatic carbocycles. The molecule has 1 fully saturated rings. The third kappa shape index (κ3) is 5.18. The number of nitrogens with zero attached hydrogens (tertiary/aromatic N) is 2. The van der Waals surface area contributed by atoms with Crippen LogP contribution in [0.4, 0.5) is 0 Å². The van der Waals surface area contributed by atoms with Gasteiger partial charge in [0.25, 0.3) is 5.91 Å². The molecule has 0 saturated carbocycles. The number of hydrogen-bond acceptors (Lipinski definition) is 3. The zero-order chi connectivity index (χ0) is 21.2. The van der Waals surface area contributed by atoms with Crippen LogP contribution in [0.5, 0.6) is 0 Å². The third-order valence-corrected chi connectivity index (χ3v) is 7.31. The van der Waals surface area contributed by atoms with Gasteiger partial charge in [-0.15, -0.1) is 0 Å². The zero-order valence-corrected chi connectivity index (χ0v) is 18.6. The van der Waals surface area contributed by atoms with E-state index in [1.165, 1.54) is 6.07 Å². The quantitative estimate of drug-likeness (QED) is 0.705. The summed E-state index contributed by atoms with van der Waals surface area (Å²) in [4.78, 5) is 14.6. The van der Waals surface area contributed by atoms with Gasteiger partial charge in [0.2, 0.25) is 10.0 Å². The van der Waals surface area contributed by atoms with Crippen molar-refractivity contribution in [2.24, 2.45) is 11.8 Å². The van der Waals surface area contributed by atoms with Gasteiger partial charge in [-0.1, -0.05) is 43.6 Å². The smallest absolute Gasteiger partial charge is 0.253 e. The van der Waals surface area contributed by atoms with Crippen molar-refractivity contribution in [3.63, 3.8) is 0 Å². The minimum Gasteiger partial charge on any atom is -0.337 e. The predicted octanol–water partition coefficient (Wildman–Crippen LogP) is 4.28. The van der Waals surface area contributed by atoms with Gasteiger partial charge in [0.05, 0.1) is 4.90 Å². The summed E-state index contributed by atoms with van der Waals surface area (Å²) in [6.45, 7) is 5.59. The van der Waals surface area contributed by atoms with Crippen molar-refractivity contribution < 1.29 is 13.2 Å². The van der Waals surface area contributed by atoms with Gasteiger partial charge in [0.15, 0.2) is 0 Å². The van der Waals surface area contributed by atoms with E-state index in [1.54, 1.807) is 46.6 Å². The highest BCUT2D eigenvalue weighted by Gasteiger charge is 2.32. The van der Waals surface area contributed by atoms with Crippen molar-refractivity contribution in [1.82, 2.24) is 9.21 Å². The minimum atomic E-state index is -3.63. The lowest BCUT2D eigenvalue weighted by molar-refractivity contribution is 0.0785. The Bertz CT molecular complexity index is 966. The number of carbonyl (C=O) groups excluding carboxylic acids is 1. The summed E-state index contributed by atoms with van der Waals surface area (Å²) >= 11 is 5.91. The lowest BCUT2D eigenvalue weighted by atomic mass is 9.94. The Morgan fingerprint density at radius 2 is 1.72 bits per heavy atom. The van der Waals surface area contributed by atoms with E-state index in [-0.39, 0.29) is 10.8 Å². The second kappa shape index (κ2) is 8.86. The molecule has 1 aliphatic rings. The van der Waals surface area contributed by atoms with Crippen LogP contribution >= 0.6 is 11.6 Å². The van der Waals surface area contributed by atoms with Crippen molar-refractivity contribution in [2.75, 3.05) is 20.1 Å². The molecule has 0 N–H and O–H groups in total. The first-order valence-corrected chi connectivity index (χ1v) is 11.6. The number of piperidine rings is 1. The molecule has 1 saturated heterocycles. The van der Waals surface area contributed by atoms with Gasteiger partial charge in [-0.3, -0.25) is 4.79 Å². The SMILES string of the molecule is C[C@@H]1C[C@@H](C)CN(S(=O)(=O)c2cccc(C(=O)N(C)Cc3ccc(Cl)cc3)c2)C1. The van der Waals surface area contributed by atoms with Crippen LogP contribution < -0.4 is 0 Å². The molecule has 0 unspecified atom stereocenters. The van der Waals surface area contributed by atoms with Crippen LogP contribution in [0.2, 0.25) is 5.02 Å². The molecule has 1 amide bonds. The minimum absolute atomic E-state index is 0.171. The van der Waals surface area contributed by atoms with Crippen LogP contribution in [0.15, 0.2) is 53.4 Å². The molecule has 156 valence electrons. The maximum Gasteiger partial charge on any atom is 0.253 e. The molecule has 29 heavy (non-hydrogen) atoms. The highest BCUT2D eigenvalue weighted by Crippen LogP contribution is 2.27. The van der Waals surface area contributed by atoms with Crippen LogP contribution in [0.3, 0.4) is 0 Å². The third-order valence-electron chi connectivity index (χ3n) is 5.23. The normalized spacial score (nSPS) is 20.4. The van der Waals surface area contributed by atoms with Crippen molar-refractivity contribution in [3.05, 3.63) is 64.7 Å². The van der Waals surface area contributed by atoms with Crippen molar-refractivity contribution in [1.29, 1.82) is 0 Å². The fourth-order valence-electron chi connectivity index (χ4n) is 3.90. The standard InChI is InChI=1S/C22H27ClN2O3S/c1-16-11-17(2)14-25(13-16)29(27,28)21-6-4-5-19(12-21)22(26)24(3)15-18-7-9-20(23)10-8-18/h4-10,12,16-17H,11,13-15H2,1-3H3/t16-,17-/m1/s1. The van der Waals surface area contributed by atoms with Crippen LogP contribution in [-0.4, -0.2) is 43.7 Å². The van der Waals surface area contributed by atoms with E-state index in [0.717, 1.165) is 12.0 Å². The fourth-order valence-corrected chi connectivity index (χ4v) is 5.75. The summed E-state index contributed by atoms with van der Waals surface area (Å²) in [5.74, 6) is 0.421. The molecule has 0 aromatic heterocycles. The average molecular weight is 435 g/mol.